The van der Waals surface area contributed by atoms with Crippen LogP contribution in [0.5, 0.6) is 0 Å². The second-order valence-corrected chi connectivity index (χ2v) is 6.66. The number of hydrogen-bond donors (Lipinski definition) is 2. The van der Waals surface area contributed by atoms with E-state index in [-0.39, 0.29) is 5.91 Å². The largest absolute Gasteiger partial charge is 0.350 e. The van der Waals surface area contributed by atoms with Crippen molar-refractivity contribution >= 4 is 17.2 Å². The van der Waals surface area contributed by atoms with Crippen LogP contribution < -0.4 is 10.6 Å². The number of carbonyl (C=O) groups excluding carboxylic acids is 1. The van der Waals surface area contributed by atoms with Crippen molar-refractivity contribution in [2.45, 2.75) is 33.7 Å². The van der Waals surface area contributed by atoms with Gasteiger partial charge in [-0.2, -0.15) is 0 Å². The van der Waals surface area contributed by atoms with Crippen LogP contribution in [0.1, 0.15) is 34.8 Å². The van der Waals surface area contributed by atoms with Crippen LogP contribution in [0.2, 0.25) is 0 Å². The number of rotatable bonds is 6. The van der Waals surface area contributed by atoms with E-state index in [1.165, 1.54) is 16.9 Å². The van der Waals surface area contributed by atoms with Crippen molar-refractivity contribution in [1.82, 2.24) is 15.6 Å². The molecule has 1 amide bonds. The molecule has 0 saturated heterocycles. The number of nitrogens with one attached hydrogen (secondary N) is 2. The van der Waals surface area contributed by atoms with Crippen LogP contribution >= 0.6 is 11.3 Å². The molecule has 0 aliphatic heterocycles. The summed E-state index contributed by atoms with van der Waals surface area (Å²) in [5, 5.41) is 7.11. The SMILES string of the molecule is Cc1ccc(-c2nc(C)c(C(=O)NCCNC(C)C)s2)cc1. The standard InChI is InChI=1S/C17H23N3OS/c1-11(2)18-9-10-19-16(21)15-13(4)20-17(22-15)14-7-5-12(3)6-8-14/h5-8,11,18H,9-10H2,1-4H3,(H,19,21). The number of nitrogens with zero attached hydrogens (tertiary/aromatic N) is 1. The van der Waals surface area contributed by atoms with Crippen molar-refractivity contribution in [3.05, 3.63) is 40.4 Å². The van der Waals surface area contributed by atoms with E-state index in [1.807, 2.05) is 19.1 Å². The average Bonchev–Trinajstić information content (AvgIpc) is 2.86. The van der Waals surface area contributed by atoms with Crippen LogP contribution in [0, 0.1) is 13.8 Å². The summed E-state index contributed by atoms with van der Waals surface area (Å²) in [7, 11) is 0. The Morgan fingerprint density at radius 1 is 1.18 bits per heavy atom. The van der Waals surface area contributed by atoms with Gasteiger partial charge in [0.15, 0.2) is 0 Å². The summed E-state index contributed by atoms with van der Waals surface area (Å²) in [6, 6.07) is 8.63. The number of aromatic nitrogens is 1. The zero-order valence-corrected chi connectivity index (χ0v) is 14.4. The summed E-state index contributed by atoms with van der Waals surface area (Å²) in [5.74, 6) is -0.0427. The van der Waals surface area contributed by atoms with Crippen LogP contribution in [0.4, 0.5) is 0 Å². The van der Waals surface area contributed by atoms with E-state index in [1.54, 1.807) is 0 Å². The van der Waals surface area contributed by atoms with Gasteiger partial charge in [0.1, 0.15) is 9.88 Å². The molecule has 1 heterocycles. The minimum atomic E-state index is -0.0427. The Balaban J connectivity index is 2.03. The molecule has 0 unspecified atom stereocenters. The van der Waals surface area contributed by atoms with Crippen molar-refractivity contribution in [2.75, 3.05) is 13.1 Å². The van der Waals surface area contributed by atoms with Crippen LogP contribution in [0.3, 0.4) is 0 Å². The molecule has 2 aromatic rings. The zero-order valence-electron chi connectivity index (χ0n) is 13.6. The van der Waals surface area contributed by atoms with Crippen molar-refractivity contribution in [1.29, 1.82) is 0 Å². The lowest BCUT2D eigenvalue weighted by Crippen LogP contribution is -2.34. The van der Waals surface area contributed by atoms with Gasteiger partial charge in [-0.05, 0) is 13.8 Å². The van der Waals surface area contributed by atoms with Crippen molar-refractivity contribution in [3.63, 3.8) is 0 Å². The van der Waals surface area contributed by atoms with E-state index in [0.717, 1.165) is 22.8 Å². The first kappa shape index (κ1) is 16.6. The van der Waals surface area contributed by atoms with Gasteiger partial charge in [0.25, 0.3) is 5.91 Å². The Labute approximate surface area is 136 Å². The van der Waals surface area contributed by atoms with E-state index < -0.39 is 0 Å². The van der Waals surface area contributed by atoms with Gasteiger partial charge in [-0.15, -0.1) is 11.3 Å². The molecule has 22 heavy (non-hydrogen) atoms. The topological polar surface area (TPSA) is 54.0 Å². The fourth-order valence-corrected chi connectivity index (χ4v) is 3.03. The Bertz CT molecular complexity index is 632. The number of carbonyl (C=O) groups is 1. The maximum absolute atomic E-state index is 12.2. The zero-order chi connectivity index (χ0) is 16.1. The summed E-state index contributed by atoms with van der Waals surface area (Å²) in [4.78, 5) is 17.5. The second-order valence-electron chi connectivity index (χ2n) is 5.66. The van der Waals surface area contributed by atoms with Gasteiger partial charge >= 0.3 is 0 Å². The van der Waals surface area contributed by atoms with Gasteiger partial charge in [0, 0.05) is 24.7 Å². The highest BCUT2D eigenvalue weighted by Gasteiger charge is 2.15. The molecule has 0 bridgehead atoms. The molecular formula is C17H23N3OS. The normalized spacial score (nSPS) is 11.0. The molecule has 0 atom stereocenters. The van der Waals surface area contributed by atoms with Crippen molar-refractivity contribution < 1.29 is 4.79 Å². The number of benzene rings is 1. The summed E-state index contributed by atoms with van der Waals surface area (Å²) in [6.07, 6.45) is 0. The van der Waals surface area contributed by atoms with Gasteiger partial charge in [0.05, 0.1) is 5.69 Å². The minimum Gasteiger partial charge on any atom is -0.350 e. The average molecular weight is 317 g/mol. The van der Waals surface area contributed by atoms with E-state index in [2.05, 4.69) is 48.5 Å². The molecule has 1 aromatic carbocycles. The molecule has 0 radical (unpaired) electrons. The number of amides is 1. The quantitative estimate of drug-likeness (QED) is 0.805. The third-order valence-corrected chi connectivity index (χ3v) is 4.47. The number of aryl methyl sites for hydroxylation is 2. The van der Waals surface area contributed by atoms with Crippen molar-refractivity contribution in [2.24, 2.45) is 0 Å². The summed E-state index contributed by atoms with van der Waals surface area (Å²) >= 11 is 1.45. The van der Waals surface area contributed by atoms with E-state index in [9.17, 15) is 4.79 Å². The Kier molecular flexibility index (Phi) is 5.69. The molecule has 4 nitrogen and oxygen atoms in total. The van der Waals surface area contributed by atoms with Gasteiger partial charge in [0.2, 0.25) is 0 Å². The molecule has 0 spiro atoms. The molecule has 0 aliphatic carbocycles. The van der Waals surface area contributed by atoms with Crippen LogP contribution in [0.25, 0.3) is 10.6 Å². The highest BCUT2D eigenvalue weighted by molar-refractivity contribution is 7.17. The first-order valence-electron chi connectivity index (χ1n) is 7.53. The maximum atomic E-state index is 12.2. The molecule has 2 N–H and O–H groups in total. The smallest absolute Gasteiger partial charge is 0.263 e. The summed E-state index contributed by atoms with van der Waals surface area (Å²) in [6.45, 7) is 9.50. The molecule has 0 saturated carbocycles. The lowest BCUT2D eigenvalue weighted by Gasteiger charge is -2.08. The third kappa shape index (κ3) is 4.39. The molecule has 0 fully saturated rings. The fourth-order valence-electron chi connectivity index (χ4n) is 2.04. The summed E-state index contributed by atoms with van der Waals surface area (Å²) < 4.78 is 0. The minimum absolute atomic E-state index is 0.0427. The van der Waals surface area contributed by atoms with E-state index >= 15 is 0 Å². The third-order valence-electron chi connectivity index (χ3n) is 3.26. The van der Waals surface area contributed by atoms with Crippen LogP contribution in [-0.2, 0) is 0 Å². The van der Waals surface area contributed by atoms with Gasteiger partial charge in [-0.1, -0.05) is 43.7 Å². The first-order valence-corrected chi connectivity index (χ1v) is 8.35. The summed E-state index contributed by atoms with van der Waals surface area (Å²) in [5.41, 5.74) is 3.06. The Morgan fingerprint density at radius 3 is 2.50 bits per heavy atom. The molecule has 118 valence electrons. The molecule has 0 aliphatic rings. The van der Waals surface area contributed by atoms with E-state index in [0.29, 0.717) is 17.5 Å². The molecule has 1 aromatic heterocycles. The molecule has 2 rings (SSSR count). The Hall–Kier alpha value is -1.72. The van der Waals surface area contributed by atoms with Gasteiger partial charge in [-0.25, -0.2) is 4.98 Å². The highest BCUT2D eigenvalue weighted by atomic mass is 32.1. The Morgan fingerprint density at radius 2 is 1.86 bits per heavy atom. The number of hydrogen-bond acceptors (Lipinski definition) is 4. The monoisotopic (exact) mass is 317 g/mol. The lowest BCUT2D eigenvalue weighted by molar-refractivity contribution is 0.0957. The lowest BCUT2D eigenvalue weighted by atomic mass is 10.2. The molecule has 5 heteroatoms. The van der Waals surface area contributed by atoms with Gasteiger partial charge < -0.3 is 10.6 Å². The predicted molar refractivity (Wildman–Crippen MR) is 92.5 cm³/mol. The van der Waals surface area contributed by atoms with Gasteiger partial charge in [-0.3, -0.25) is 4.79 Å². The number of thiazole rings is 1. The highest BCUT2D eigenvalue weighted by Crippen LogP contribution is 2.28. The van der Waals surface area contributed by atoms with Crippen LogP contribution in [0.15, 0.2) is 24.3 Å². The first-order chi connectivity index (χ1) is 10.5. The van der Waals surface area contributed by atoms with E-state index in [4.69, 9.17) is 0 Å². The predicted octanol–water partition coefficient (Wildman–Crippen LogP) is 3.15. The maximum Gasteiger partial charge on any atom is 0.263 e. The second kappa shape index (κ2) is 7.51. The fraction of sp³-hybridized carbons (Fsp3) is 0.412. The molecular weight excluding hydrogens is 294 g/mol. The van der Waals surface area contributed by atoms with Crippen LogP contribution in [-0.4, -0.2) is 30.0 Å². The van der Waals surface area contributed by atoms with Crippen molar-refractivity contribution in [3.8, 4) is 10.6 Å².